The molecule has 0 rings (SSSR count). The fourth-order valence-electron chi connectivity index (χ4n) is 0.791. The molecule has 5 heteroatoms. The number of hydrogen-bond donors (Lipinski definition) is 1. The molecule has 0 aliphatic rings. The predicted octanol–water partition coefficient (Wildman–Crippen LogP) is 4.16. The minimum absolute atomic E-state index is 0.238. The van der Waals surface area contributed by atoms with Crippen LogP contribution in [0.4, 0.5) is 0 Å². The predicted molar refractivity (Wildman–Crippen MR) is 73.5 cm³/mol. The molecular weight excluding hydrogens is 344 g/mol. The van der Waals surface area contributed by atoms with Gasteiger partial charge in [-0.3, -0.25) is 4.79 Å². The molecule has 0 unspecified atom stereocenters. The van der Waals surface area contributed by atoms with E-state index in [0.717, 1.165) is 20.3 Å². The molecule has 0 fully saturated rings. The van der Waals surface area contributed by atoms with Gasteiger partial charge in [-0.2, -0.15) is 0 Å². The molecule has 0 aromatic carbocycles. The molecule has 0 saturated heterocycles. The van der Waals surface area contributed by atoms with Crippen LogP contribution in [0.2, 0.25) is 0 Å². The molecule has 86 valence electrons. The second-order valence-corrected chi connectivity index (χ2v) is 5.13. The average molecular weight is 358 g/mol. The van der Waals surface area contributed by atoms with Gasteiger partial charge in [0.1, 0.15) is 0 Å². The van der Waals surface area contributed by atoms with Crippen LogP contribution in [0.3, 0.4) is 0 Å². The quantitative estimate of drug-likeness (QED) is 0.454. The summed E-state index contributed by atoms with van der Waals surface area (Å²) in [6.45, 7) is 4.20. The minimum atomic E-state index is -0.238. The average Bonchev–Trinajstić information content (AvgIpc) is 2.16. The van der Waals surface area contributed by atoms with Crippen molar-refractivity contribution < 1.29 is 9.53 Å². The zero-order valence-corrected chi connectivity index (χ0v) is 12.8. The number of esters is 1. The lowest BCUT2D eigenvalue weighted by Crippen LogP contribution is -2.03. The van der Waals surface area contributed by atoms with Crippen molar-refractivity contribution in [3.63, 3.8) is 0 Å². The normalized spacial score (nSPS) is 13.5. The van der Waals surface area contributed by atoms with Crippen molar-refractivity contribution in [2.24, 2.45) is 0 Å². The third-order valence-electron chi connectivity index (χ3n) is 1.51. The molecule has 15 heavy (non-hydrogen) atoms. The van der Waals surface area contributed by atoms with E-state index in [-0.39, 0.29) is 12.4 Å². The van der Waals surface area contributed by atoms with Crippen LogP contribution in [0.1, 0.15) is 26.7 Å². The van der Waals surface area contributed by atoms with Crippen molar-refractivity contribution in [2.75, 3.05) is 6.61 Å². The summed E-state index contributed by atoms with van der Waals surface area (Å²) in [5.41, 5.74) is 0. The summed E-state index contributed by atoms with van der Waals surface area (Å²) in [7, 11) is 0. The van der Waals surface area contributed by atoms with Crippen LogP contribution in [0, 0.1) is 0 Å². The minimum Gasteiger partial charge on any atom is -0.466 e. The van der Waals surface area contributed by atoms with E-state index in [1.807, 2.05) is 13.0 Å². The van der Waals surface area contributed by atoms with Crippen molar-refractivity contribution in [3.05, 3.63) is 19.9 Å². The Morgan fingerprint density at radius 1 is 1.40 bits per heavy atom. The molecular formula is C10H14Br2O2S. The van der Waals surface area contributed by atoms with E-state index in [2.05, 4.69) is 44.5 Å². The van der Waals surface area contributed by atoms with E-state index in [0.29, 0.717) is 6.61 Å². The molecule has 0 N–H and O–H groups in total. The highest BCUT2D eigenvalue weighted by molar-refractivity contribution is 9.12. The van der Waals surface area contributed by atoms with Gasteiger partial charge in [0.15, 0.2) is 0 Å². The Labute approximate surface area is 113 Å². The number of allylic oxidation sites excluding steroid dienone is 3. The topological polar surface area (TPSA) is 26.3 Å². The number of carbonyl (C=O) groups is 1. The first-order chi connectivity index (χ1) is 7.01. The zero-order valence-electron chi connectivity index (χ0n) is 8.72. The van der Waals surface area contributed by atoms with Crippen molar-refractivity contribution in [1.82, 2.24) is 0 Å². The Kier molecular flexibility index (Phi) is 8.56. The van der Waals surface area contributed by atoms with Crippen LogP contribution >= 0.6 is 44.5 Å². The maximum atomic E-state index is 11.1. The van der Waals surface area contributed by atoms with E-state index in [1.54, 1.807) is 6.92 Å². The Balaban J connectivity index is 4.38. The van der Waals surface area contributed by atoms with Gasteiger partial charge in [-0.05, 0) is 40.3 Å². The van der Waals surface area contributed by atoms with Gasteiger partial charge in [0.2, 0.25) is 0 Å². The third-order valence-corrected chi connectivity index (χ3v) is 3.59. The fraction of sp³-hybridized carbons (Fsp3) is 0.500. The van der Waals surface area contributed by atoms with Gasteiger partial charge in [0, 0.05) is 8.96 Å². The highest BCUT2D eigenvalue weighted by Gasteiger charge is 2.05. The first-order valence-electron chi connectivity index (χ1n) is 4.60. The van der Waals surface area contributed by atoms with E-state index in [1.165, 1.54) is 0 Å². The molecule has 0 aromatic rings. The molecule has 0 aliphatic heterocycles. The smallest absolute Gasteiger partial charge is 0.310 e. The van der Waals surface area contributed by atoms with Gasteiger partial charge < -0.3 is 4.74 Å². The summed E-state index contributed by atoms with van der Waals surface area (Å²) in [4.78, 5) is 12.1. The lowest BCUT2D eigenvalue weighted by molar-refractivity contribution is -0.142. The maximum Gasteiger partial charge on any atom is 0.310 e. The summed E-state index contributed by atoms with van der Waals surface area (Å²) < 4.78 is 6.47. The van der Waals surface area contributed by atoms with Crippen LogP contribution in [0.5, 0.6) is 0 Å². The SMILES string of the molecule is CCOC(=O)C/C(Br)=C\C(Br)=C(\S)CC. The summed E-state index contributed by atoms with van der Waals surface area (Å²) in [5.74, 6) is -0.238. The highest BCUT2D eigenvalue weighted by atomic mass is 79.9. The summed E-state index contributed by atoms with van der Waals surface area (Å²) in [6.07, 6.45) is 2.91. The lowest BCUT2D eigenvalue weighted by atomic mass is 10.3. The monoisotopic (exact) mass is 356 g/mol. The van der Waals surface area contributed by atoms with Crippen LogP contribution in [-0.2, 0) is 9.53 Å². The van der Waals surface area contributed by atoms with E-state index < -0.39 is 0 Å². The Hall–Kier alpha value is 0.260. The maximum absolute atomic E-state index is 11.1. The van der Waals surface area contributed by atoms with Crippen molar-refractivity contribution in [3.8, 4) is 0 Å². The second-order valence-electron chi connectivity index (χ2n) is 2.72. The lowest BCUT2D eigenvalue weighted by Gasteiger charge is -2.02. The highest BCUT2D eigenvalue weighted by Crippen LogP contribution is 2.24. The first kappa shape index (κ1) is 15.3. The zero-order chi connectivity index (χ0) is 11.8. The number of rotatable bonds is 5. The van der Waals surface area contributed by atoms with Gasteiger partial charge in [0.05, 0.1) is 13.0 Å². The molecule has 0 atom stereocenters. The largest absolute Gasteiger partial charge is 0.466 e. The Morgan fingerprint density at radius 3 is 2.47 bits per heavy atom. The Morgan fingerprint density at radius 2 is 2.00 bits per heavy atom. The molecule has 0 aliphatic carbocycles. The van der Waals surface area contributed by atoms with E-state index >= 15 is 0 Å². The summed E-state index contributed by atoms with van der Waals surface area (Å²) in [5, 5.41) is 0. The molecule has 0 heterocycles. The summed E-state index contributed by atoms with van der Waals surface area (Å²) in [6, 6.07) is 0. The molecule has 0 radical (unpaired) electrons. The van der Waals surface area contributed by atoms with Gasteiger partial charge in [-0.25, -0.2) is 0 Å². The Bertz CT molecular complexity index is 285. The molecule has 2 nitrogen and oxygen atoms in total. The molecule has 0 saturated carbocycles. The van der Waals surface area contributed by atoms with Gasteiger partial charge in [-0.1, -0.05) is 22.9 Å². The van der Waals surface area contributed by atoms with E-state index in [9.17, 15) is 4.79 Å². The van der Waals surface area contributed by atoms with Crippen molar-refractivity contribution >= 4 is 50.5 Å². The second kappa shape index (κ2) is 8.42. The van der Waals surface area contributed by atoms with Crippen molar-refractivity contribution in [1.29, 1.82) is 0 Å². The third kappa shape index (κ3) is 7.19. The number of halogens is 2. The van der Waals surface area contributed by atoms with Gasteiger partial charge >= 0.3 is 5.97 Å². The fourth-order valence-corrected chi connectivity index (χ4v) is 2.18. The van der Waals surface area contributed by atoms with Crippen molar-refractivity contribution in [2.45, 2.75) is 26.7 Å². The van der Waals surface area contributed by atoms with Gasteiger partial charge in [0.25, 0.3) is 0 Å². The first-order valence-corrected chi connectivity index (χ1v) is 6.63. The van der Waals surface area contributed by atoms with E-state index in [4.69, 9.17) is 4.74 Å². The van der Waals surface area contributed by atoms with Gasteiger partial charge in [-0.15, -0.1) is 12.6 Å². The van der Waals surface area contributed by atoms with Crippen LogP contribution in [0.25, 0.3) is 0 Å². The van der Waals surface area contributed by atoms with Crippen LogP contribution < -0.4 is 0 Å². The van der Waals surface area contributed by atoms with Crippen LogP contribution in [0.15, 0.2) is 19.9 Å². The number of carbonyl (C=O) groups excluding carboxylic acids is 1. The summed E-state index contributed by atoms with van der Waals surface area (Å²) >= 11 is 11.0. The molecule has 0 aromatic heterocycles. The number of hydrogen-bond acceptors (Lipinski definition) is 3. The molecule has 0 spiro atoms. The molecule has 0 bridgehead atoms. The standard InChI is InChI=1S/C10H14Br2O2S/c1-3-9(15)8(12)5-7(11)6-10(13)14-4-2/h5,15H,3-4,6H2,1-2H3/b7-5+,9-8-. The van der Waals surface area contributed by atoms with Crippen LogP contribution in [-0.4, -0.2) is 12.6 Å². The number of thiol groups is 1. The number of ether oxygens (including phenoxy) is 1. The molecule has 0 amide bonds.